The molecule has 4 heterocycles. The van der Waals surface area contributed by atoms with Gasteiger partial charge in [-0.15, -0.1) is 11.3 Å². The van der Waals surface area contributed by atoms with Gasteiger partial charge in [-0.2, -0.15) is 0 Å². The first-order chi connectivity index (χ1) is 18.5. The molecule has 0 saturated heterocycles. The summed E-state index contributed by atoms with van der Waals surface area (Å²) >= 11 is 2.68. The summed E-state index contributed by atoms with van der Waals surface area (Å²) in [6.07, 6.45) is 5.48. The molecule has 3 aromatic rings. The molecule has 0 bridgehead atoms. The number of amides is 1. The number of carbonyl (C=O) groups excluding carboxylic acids is 2. The highest BCUT2D eigenvalue weighted by molar-refractivity contribution is 7.10. The second kappa shape index (κ2) is 11.2. The van der Waals surface area contributed by atoms with Gasteiger partial charge in [0.05, 0.1) is 29.1 Å². The molecule has 0 saturated carbocycles. The van der Waals surface area contributed by atoms with Crippen molar-refractivity contribution >= 4 is 45.8 Å². The van der Waals surface area contributed by atoms with Crippen LogP contribution in [0, 0.1) is 0 Å². The maximum absolute atomic E-state index is 14.1. The average Bonchev–Trinajstić information content (AvgIpc) is 3.61. The fraction of sp³-hybridized carbons (Fsp3) is 0.379. The van der Waals surface area contributed by atoms with Crippen molar-refractivity contribution in [1.29, 1.82) is 0 Å². The van der Waals surface area contributed by atoms with Gasteiger partial charge in [0.2, 0.25) is 0 Å². The summed E-state index contributed by atoms with van der Waals surface area (Å²) in [6, 6.07) is 10.8. The van der Waals surface area contributed by atoms with Crippen molar-refractivity contribution in [2.75, 3.05) is 18.1 Å². The van der Waals surface area contributed by atoms with Crippen molar-refractivity contribution in [1.82, 2.24) is 4.57 Å². The molecule has 0 spiro atoms. The summed E-state index contributed by atoms with van der Waals surface area (Å²) < 4.78 is 7.26. The van der Waals surface area contributed by atoms with E-state index in [0.717, 1.165) is 35.4 Å². The van der Waals surface area contributed by atoms with Gasteiger partial charge >= 0.3 is 5.97 Å². The van der Waals surface area contributed by atoms with Gasteiger partial charge in [-0.05, 0) is 37.8 Å². The van der Waals surface area contributed by atoms with E-state index in [4.69, 9.17) is 4.74 Å². The lowest BCUT2D eigenvalue weighted by molar-refractivity contribution is -0.139. The van der Waals surface area contributed by atoms with Crippen LogP contribution in [0.3, 0.4) is 0 Å². The van der Waals surface area contributed by atoms with Crippen LogP contribution >= 0.6 is 22.7 Å². The quantitative estimate of drug-likeness (QED) is 0.290. The van der Waals surface area contributed by atoms with Crippen LogP contribution in [0.2, 0.25) is 0 Å². The number of benzene rings is 1. The molecule has 2 aliphatic heterocycles. The molecule has 0 N–H and O–H groups in total. The fourth-order valence-corrected chi connectivity index (χ4v) is 7.11. The van der Waals surface area contributed by atoms with Gasteiger partial charge in [-0.25, -0.2) is 9.79 Å². The number of hydrogen-bond donors (Lipinski definition) is 0. The predicted molar refractivity (Wildman–Crippen MR) is 151 cm³/mol. The average molecular weight is 550 g/mol. The van der Waals surface area contributed by atoms with Crippen LogP contribution in [-0.4, -0.2) is 29.6 Å². The molecule has 1 amide bonds. The number of nitrogens with zero attached hydrogens (tertiary/aromatic N) is 3. The van der Waals surface area contributed by atoms with E-state index in [2.05, 4.69) is 11.9 Å². The first kappa shape index (κ1) is 26.3. The van der Waals surface area contributed by atoms with E-state index in [9.17, 15) is 14.4 Å². The number of rotatable bonds is 9. The van der Waals surface area contributed by atoms with Crippen molar-refractivity contribution in [2.45, 2.75) is 58.9 Å². The second-order valence-electron chi connectivity index (χ2n) is 9.40. The first-order valence-electron chi connectivity index (χ1n) is 13.1. The Bertz CT molecular complexity index is 1580. The predicted octanol–water partition coefficient (Wildman–Crippen LogP) is 4.55. The number of esters is 1. The second-order valence-corrected chi connectivity index (χ2v) is 11.4. The van der Waals surface area contributed by atoms with Gasteiger partial charge in [-0.1, -0.05) is 68.2 Å². The third-order valence-electron chi connectivity index (χ3n) is 6.94. The SMILES string of the molecule is CCCCCCCN1C(=O)C(=c2sc3n(c2=O)C(c2cccs2)C(C(=O)OCC)=C(C)N=3)c2ccccc21. The van der Waals surface area contributed by atoms with E-state index in [0.29, 0.717) is 32.7 Å². The molecule has 1 aromatic carbocycles. The molecule has 198 valence electrons. The van der Waals surface area contributed by atoms with Crippen LogP contribution in [-0.2, 0) is 14.3 Å². The molecule has 0 aliphatic carbocycles. The summed E-state index contributed by atoms with van der Waals surface area (Å²) in [6.45, 7) is 6.54. The minimum Gasteiger partial charge on any atom is -0.463 e. The molecule has 1 unspecified atom stereocenters. The highest BCUT2D eigenvalue weighted by Gasteiger charge is 2.37. The fourth-order valence-electron chi connectivity index (χ4n) is 5.15. The number of aromatic nitrogens is 1. The van der Waals surface area contributed by atoms with Crippen molar-refractivity contribution in [3.8, 4) is 0 Å². The third-order valence-corrected chi connectivity index (χ3v) is 8.92. The molecular weight excluding hydrogens is 518 g/mol. The molecular formula is C29H31N3O4S2. The van der Waals surface area contributed by atoms with Crippen LogP contribution in [0.1, 0.15) is 69.4 Å². The lowest BCUT2D eigenvalue weighted by Crippen LogP contribution is -2.40. The van der Waals surface area contributed by atoms with Gasteiger partial charge in [0.15, 0.2) is 4.80 Å². The minimum atomic E-state index is -0.652. The largest absolute Gasteiger partial charge is 0.463 e. The van der Waals surface area contributed by atoms with E-state index >= 15 is 0 Å². The maximum Gasteiger partial charge on any atom is 0.338 e. The molecule has 38 heavy (non-hydrogen) atoms. The van der Waals surface area contributed by atoms with Crippen molar-refractivity contribution in [2.24, 2.45) is 4.99 Å². The molecule has 9 heteroatoms. The number of hydrogen-bond acceptors (Lipinski definition) is 7. The molecule has 1 atom stereocenters. The van der Waals surface area contributed by atoms with Crippen LogP contribution in [0.25, 0.3) is 5.57 Å². The molecule has 0 fully saturated rings. The van der Waals surface area contributed by atoms with Gasteiger partial charge in [0.25, 0.3) is 11.5 Å². The van der Waals surface area contributed by atoms with Gasteiger partial charge < -0.3 is 9.64 Å². The Balaban J connectivity index is 1.65. The highest BCUT2D eigenvalue weighted by atomic mass is 32.1. The number of allylic oxidation sites excluding steroid dienone is 1. The Morgan fingerprint density at radius 1 is 1.05 bits per heavy atom. The van der Waals surface area contributed by atoms with Gasteiger partial charge in [0.1, 0.15) is 10.6 Å². The molecule has 2 aliphatic rings. The highest BCUT2D eigenvalue weighted by Crippen LogP contribution is 2.36. The lowest BCUT2D eigenvalue weighted by Gasteiger charge is -2.23. The molecule has 5 rings (SSSR count). The normalized spacial score (nSPS) is 17.9. The topological polar surface area (TPSA) is 81.0 Å². The number of fused-ring (bicyclic) bond motifs is 2. The monoisotopic (exact) mass is 549 g/mol. The summed E-state index contributed by atoms with van der Waals surface area (Å²) in [5, 5.41) is 1.92. The van der Waals surface area contributed by atoms with E-state index < -0.39 is 12.0 Å². The number of anilines is 1. The number of unbranched alkanes of at least 4 members (excludes halogenated alkanes) is 4. The van der Waals surface area contributed by atoms with E-state index in [1.807, 2.05) is 41.8 Å². The summed E-state index contributed by atoms with van der Waals surface area (Å²) in [7, 11) is 0. The minimum absolute atomic E-state index is 0.152. The van der Waals surface area contributed by atoms with Gasteiger partial charge in [0, 0.05) is 17.0 Å². The van der Waals surface area contributed by atoms with Gasteiger partial charge in [-0.3, -0.25) is 14.2 Å². The molecule has 2 aromatic heterocycles. The van der Waals surface area contributed by atoms with E-state index in [1.54, 1.807) is 23.3 Å². The lowest BCUT2D eigenvalue weighted by atomic mass is 10.0. The van der Waals surface area contributed by atoms with Crippen molar-refractivity contribution in [3.05, 3.63) is 83.2 Å². The van der Waals surface area contributed by atoms with Crippen molar-refractivity contribution in [3.63, 3.8) is 0 Å². The smallest absolute Gasteiger partial charge is 0.338 e. The summed E-state index contributed by atoms with van der Waals surface area (Å²) in [5.41, 5.74) is 2.58. The maximum atomic E-state index is 14.1. The summed E-state index contributed by atoms with van der Waals surface area (Å²) in [4.78, 5) is 48.7. The Morgan fingerprint density at radius 3 is 2.58 bits per heavy atom. The number of para-hydroxylation sites is 1. The Morgan fingerprint density at radius 2 is 1.84 bits per heavy atom. The van der Waals surface area contributed by atoms with Crippen LogP contribution in [0.4, 0.5) is 5.69 Å². The number of ether oxygens (including phenoxy) is 1. The standard InChI is InChI=1S/C29H31N3O4S2/c1-4-6-7-8-11-16-31-20-14-10-9-13-19(20)23(26(31)33)25-27(34)32-24(21-15-12-17-37-21)22(28(35)36-5-2)18(3)30-29(32)38-25/h9-10,12-15,17,24H,4-8,11,16H2,1-3H3. The third kappa shape index (κ3) is 4.58. The molecule has 7 nitrogen and oxygen atoms in total. The van der Waals surface area contributed by atoms with E-state index in [1.165, 1.54) is 35.5 Å². The number of thiazole rings is 1. The van der Waals surface area contributed by atoms with Crippen LogP contribution < -0.4 is 19.8 Å². The first-order valence-corrected chi connectivity index (χ1v) is 14.8. The van der Waals surface area contributed by atoms with Crippen LogP contribution in [0.5, 0.6) is 0 Å². The zero-order chi connectivity index (χ0) is 26.8. The Labute approximate surface area is 229 Å². The number of thiophene rings is 1. The zero-order valence-corrected chi connectivity index (χ0v) is 23.5. The summed E-state index contributed by atoms with van der Waals surface area (Å²) in [5.74, 6) is -0.636. The van der Waals surface area contributed by atoms with E-state index in [-0.39, 0.29) is 18.1 Å². The molecule has 0 radical (unpaired) electrons. The number of carbonyl (C=O) groups is 2. The van der Waals surface area contributed by atoms with Crippen LogP contribution in [0.15, 0.2) is 62.8 Å². The van der Waals surface area contributed by atoms with Crippen molar-refractivity contribution < 1.29 is 14.3 Å². The Hall–Kier alpha value is -3.30. The zero-order valence-electron chi connectivity index (χ0n) is 21.9. The Kier molecular flexibility index (Phi) is 7.76.